The largest absolute Gasteiger partial charge is 0.238 e. The van der Waals surface area contributed by atoms with Crippen LogP contribution in [0.15, 0.2) is 30.3 Å². The average molecular weight is 142 g/mol. The van der Waals surface area contributed by atoms with Gasteiger partial charge < -0.3 is 0 Å². The highest BCUT2D eigenvalue weighted by Gasteiger charge is 1.97. The van der Waals surface area contributed by atoms with Crippen LogP contribution in [-0.4, -0.2) is 0 Å². The van der Waals surface area contributed by atoms with Crippen LogP contribution in [0.5, 0.6) is 0 Å². The highest BCUT2D eigenvalue weighted by Crippen LogP contribution is 2.22. The maximum Gasteiger partial charge on any atom is 0.138 e. The first-order valence-electron chi connectivity index (χ1n) is 2.75. The smallest absolute Gasteiger partial charge is 0.138 e. The molecule has 0 radical (unpaired) electrons. The molecule has 1 rings (SSSR count). The molecule has 0 amide bonds. The molecule has 2 atom stereocenters. The van der Waals surface area contributed by atoms with Crippen molar-refractivity contribution < 1.29 is 4.39 Å². The zero-order valence-corrected chi connectivity index (χ0v) is 6.07. The topological polar surface area (TPSA) is 0 Å². The first-order valence-corrected chi connectivity index (χ1v) is 3.42. The fourth-order valence-corrected chi connectivity index (χ4v) is 0.859. The monoisotopic (exact) mass is 142 g/mol. The van der Waals surface area contributed by atoms with Gasteiger partial charge in [-0.15, -0.1) is 0 Å². The summed E-state index contributed by atoms with van der Waals surface area (Å²) >= 11 is 0. The molecule has 2 heteroatoms. The Morgan fingerprint density at radius 1 is 1.22 bits per heavy atom. The lowest BCUT2D eigenvalue weighted by molar-refractivity contribution is 0.469. The van der Waals surface area contributed by atoms with Gasteiger partial charge in [0.25, 0.3) is 0 Å². The van der Waals surface area contributed by atoms with E-state index < -0.39 is 5.91 Å². The third-order valence-electron chi connectivity index (χ3n) is 1.12. The second-order valence-electron chi connectivity index (χ2n) is 1.81. The lowest BCUT2D eigenvalue weighted by atomic mass is 10.2. The second kappa shape index (κ2) is 2.93. The van der Waals surface area contributed by atoms with Crippen molar-refractivity contribution in [1.29, 1.82) is 0 Å². The minimum Gasteiger partial charge on any atom is -0.238 e. The number of halogens is 1. The molecule has 48 valence electrons. The van der Waals surface area contributed by atoms with E-state index in [1.165, 1.54) is 0 Å². The second-order valence-corrected chi connectivity index (χ2v) is 2.40. The number of rotatable bonds is 1. The maximum atomic E-state index is 12.4. The van der Waals surface area contributed by atoms with Crippen LogP contribution in [0.25, 0.3) is 0 Å². The molecule has 9 heavy (non-hydrogen) atoms. The van der Waals surface area contributed by atoms with E-state index in [-0.39, 0.29) is 0 Å². The summed E-state index contributed by atoms with van der Waals surface area (Å²) in [5, 5.41) is 0. The molecule has 1 aromatic carbocycles. The zero-order chi connectivity index (χ0) is 6.69. The first kappa shape index (κ1) is 6.70. The minimum absolute atomic E-state index is 0.711. The predicted molar refractivity (Wildman–Crippen MR) is 40.0 cm³/mol. The van der Waals surface area contributed by atoms with Crippen molar-refractivity contribution >= 4 is 9.24 Å². The van der Waals surface area contributed by atoms with Gasteiger partial charge in [-0.3, -0.25) is 0 Å². The van der Waals surface area contributed by atoms with Crippen molar-refractivity contribution in [2.45, 2.75) is 5.91 Å². The summed E-state index contributed by atoms with van der Waals surface area (Å²) in [6.45, 7) is 0. The highest BCUT2D eigenvalue weighted by atomic mass is 31.0. The normalized spacial score (nSPS) is 13.1. The molecule has 1 aromatic rings. The quantitative estimate of drug-likeness (QED) is 0.528. The lowest BCUT2D eigenvalue weighted by Crippen LogP contribution is -1.77. The molecule has 0 aliphatic heterocycles. The standard InChI is InChI=1S/C7H8FP/c8-7(9)6-4-2-1-3-5-6/h1-5,7H,9H2/t7-/m1/s1. The summed E-state index contributed by atoms with van der Waals surface area (Å²) in [5.41, 5.74) is 0.711. The Morgan fingerprint density at radius 2 is 1.78 bits per heavy atom. The number of alkyl halides is 1. The molecule has 0 aromatic heterocycles. The van der Waals surface area contributed by atoms with Crippen LogP contribution in [0.2, 0.25) is 0 Å². The Balaban J connectivity index is 2.85. The molecule has 1 unspecified atom stereocenters. The molecule has 0 heterocycles. The molecule has 0 spiro atoms. The summed E-state index contributed by atoms with van der Waals surface area (Å²) in [6.07, 6.45) is 0. The van der Waals surface area contributed by atoms with Crippen molar-refractivity contribution in [3.8, 4) is 0 Å². The van der Waals surface area contributed by atoms with Crippen LogP contribution < -0.4 is 0 Å². The molecule has 0 nitrogen and oxygen atoms in total. The molecule has 0 N–H and O–H groups in total. The van der Waals surface area contributed by atoms with Gasteiger partial charge in [-0.1, -0.05) is 39.6 Å². The maximum absolute atomic E-state index is 12.4. The minimum atomic E-state index is -0.925. The Bertz CT molecular complexity index is 172. The molecule has 0 saturated carbocycles. The molecular weight excluding hydrogens is 134 g/mol. The van der Waals surface area contributed by atoms with E-state index in [1.54, 1.807) is 12.1 Å². The van der Waals surface area contributed by atoms with E-state index in [2.05, 4.69) is 9.24 Å². The molecule has 0 saturated heterocycles. The number of benzene rings is 1. The van der Waals surface area contributed by atoms with Crippen molar-refractivity contribution in [2.75, 3.05) is 0 Å². The van der Waals surface area contributed by atoms with Crippen LogP contribution in [0.1, 0.15) is 11.5 Å². The van der Waals surface area contributed by atoms with E-state index in [4.69, 9.17) is 0 Å². The summed E-state index contributed by atoms with van der Waals surface area (Å²) < 4.78 is 12.4. The third-order valence-corrected chi connectivity index (χ3v) is 1.50. The van der Waals surface area contributed by atoms with Crippen molar-refractivity contribution in [3.63, 3.8) is 0 Å². The van der Waals surface area contributed by atoms with Gasteiger partial charge in [-0.2, -0.15) is 0 Å². The molecule has 0 bridgehead atoms. The van der Waals surface area contributed by atoms with Crippen molar-refractivity contribution in [1.82, 2.24) is 0 Å². The van der Waals surface area contributed by atoms with Gasteiger partial charge >= 0.3 is 0 Å². The SMILES string of the molecule is F[C@H](P)c1ccccc1. The summed E-state index contributed by atoms with van der Waals surface area (Å²) in [5.74, 6) is -0.925. The van der Waals surface area contributed by atoms with E-state index in [1.807, 2.05) is 18.2 Å². The lowest BCUT2D eigenvalue weighted by Gasteiger charge is -1.97. The van der Waals surface area contributed by atoms with E-state index in [9.17, 15) is 4.39 Å². The van der Waals surface area contributed by atoms with Crippen molar-refractivity contribution in [2.24, 2.45) is 0 Å². The van der Waals surface area contributed by atoms with Crippen LogP contribution in [0.3, 0.4) is 0 Å². The summed E-state index contributed by atoms with van der Waals surface area (Å²) in [7, 11) is 2.11. The first-order chi connectivity index (χ1) is 4.30. The Kier molecular flexibility index (Phi) is 2.18. The van der Waals surface area contributed by atoms with Gasteiger partial charge in [-0.05, 0) is 5.56 Å². The van der Waals surface area contributed by atoms with Gasteiger partial charge in [0.2, 0.25) is 0 Å². The van der Waals surface area contributed by atoms with Gasteiger partial charge in [-0.25, -0.2) is 4.39 Å². The van der Waals surface area contributed by atoms with E-state index in [0.717, 1.165) is 0 Å². The molecule has 0 aliphatic carbocycles. The van der Waals surface area contributed by atoms with E-state index in [0.29, 0.717) is 5.56 Å². The highest BCUT2D eigenvalue weighted by molar-refractivity contribution is 7.16. The summed E-state index contributed by atoms with van der Waals surface area (Å²) in [6, 6.07) is 9.05. The van der Waals surface area contributed by atoms with Gasteiger partial charge in [0, 0.05) is 0 Å². The van der Waals surface area contributed by atoms with Gasteiger partial charge in [0.05, 0.1) is 0 Å². The fourth-order valence-electron chi connectivity index (χ4n) is 0.637. The van der Waals surface area contributed by atoms with Crippen molar-refractivity contribution in [3.05, 3.63) is 35.9 Å². The summed E-state index contributed by atoms with van der Waals surface area (Å²) in [4.78, 5) is 0. The Hall–Kier alpha value is -0.420. The number of hydrogen-bond acceptors (Lipinski definition) is 0. The Morgan fingerprint density at radius 3 is 2.11 bits per heavy atom. The zero-order valence-electron chi connectivity index (χ0n) is 4.92. The average Bonchev–Trinajstić information content (AvgIpc) is 1.90. The molecular formula is C7H8FP. The predicted octanol–water partition coefficient (Wildman–Crippen LogP) is 2.53. The van der Waals surface area contributed by atoms with Crippen LogP contribution in [0, 0.1) is 0 Å². The Labute approximate surface area is 56.3 Å². The van der Waals surface area contributed by atoms with Gasteiger partial charge in [0.15, 0.2) is 0 Å². The molecule has 0 fully saturated rings. The third kappa shape index (κ3) is 1.76. The molecule has 0 aliphatic rings. The van der Waals surface area contributed by atoms with E-state index >= 15 is 0 Å². The van der Waals surface area contributed by atoms with Crippen LogP contribution in [0.4, 0.5) is 4.39 Å². The van der Waals surface area contributed by atoms with Crippen LogP contribution >= 0.6 is 9.24 Å². The van der Waals surface area contributed by atoms with Crippen LogP contribution in [-0.2, 0) is 0 Å². The fraction of sp³-hybridized carbons (Fsp3) is 0.143. The number of hydrogen-bond donors (Lipinski definition) is 0. The van der Waals surface area contributed by atoms with Gasteiger partial charge in [0.1, 0.15) is 5.91 Å².